The molecule has 1 unspecified atom stereocenters. The first-order valence-corrected chi connectivity index (χ1v) is 6.67. The summed E-state index contributed by atoms with van der Waals surface area (Å²) in [6, 6.07) is 12.8. The Morgan fingerprint density at radius 2 is 1.95 bits per heavy atom. The zero-order chi connectivity index (χ0) is 15.2. The van der Waals surface area contributed by atoms with Gasteiger partial charge >= 0.3 is 0 Å². The number of benzene rings is 1. The highest BCUT2D eigenvalue weighted by molar-refractivity contribution is 5.93. The van der Waals surface area contributed by atoms with Crippen molar-refractivity contribution in [2.24, 2.45) is 5.73 Å². The van der Waals surface area contributed by atoms with Crippen molar-refractivity contribution in [1.82, 2.24) is 4.98 Å². The lowest BCUT2D eigenvalue weighted by Crippen LogP contribution is -2.32. The first-order valence-electron chi connectivity index (χ1n) is 6.67. The Labute approximate surface area is 124 Å². The number of aryl methyl sites for hydroxylation is 1. The van der Waals surface area contributed by atoms with Crippen LogP contribution in [0.5, 0.6) is 0 Å². The van der Waals surface area contributed by atoms with Crippen LogP contribution in [0.15, 0.2) is 42.5 Å². The Bertz CT molecular complexity index is 697. The smallest absolute Gasteiger partial charge is 0.242 e. The minimum atomic E-state index is -0.578. The summed E-state index contributed by atoms with van der Waals surface area (Å²) < 4.78 is 0. The van der Waals surface area contributed by atoms with Gasteiger partial charge in [-0.3, -0.25) is 4.79 Å². The third kappa shape index (κ3) is 4.44. The number of hydrogen-bond donors (Lipinski definition) is 2. The lowest BCUT2D eigenvalue weighted by atomic mass is 10.2. The van der Waals surface area contributed by atoms with E-state index in [0.717, 1.165) is 11.1 Å². The van der Waals surface area contributed by atoms with Gasteiger partial charge < -0.3 is 11.1 Å². The molecule has 0 fully saturated rings. The number of nitrogens with one attached hydrogen (secondary N) is 1. The van der Waals surface area contributed by atoms with E-state index in [4.69, 9.17) is 5.73 Å². The van der Waals surface area contributed by atoms with E-state index in [1.165, 1.54) is 0 Å². The van der Waals surface area contributed by atoms with Gasteiger partial charge in [0.1, 0.15) is 11.5 Å². The highest BCUT2D eigenvalue weighted by atomic mass is 16.2. The van der Waals surface area contributed by atoms with Gasteiger partial charge in [-0.25, -0.2) is 4.98 Å². The summed E-state index contributed by atoms with van der Waals surface area (Å²) in [5, 5.41) is 2.68. The fourth-order valence-electron chi connectivity index (χ4n) is 1.69. The van der Waals surface area contributed by atoms with Crippen molar-refractivity contribution in [1.29, 1.82) is 0 Å². The third-order valence-corrected chi connectivity index (χ3v) is 2.74. The van der Waals surface area contributed by atoms with E-state index < -0.39 is 6.04 Å². The highest BCUT2D eigenvalue weighted by Gasteiger charge is 2.08. The summed E-state index contributed by atoms with van der Waals surface area (Å²) in [5.41, 5.74) is 8.03. The van der Waals surface area contributed by atoms with Crippen molar-refractivity contribution >= 4 is 11.7 Å². The summed E-state index contributed by atoms with van der Waals surface area (Å²) in [6.45, 7) is 3.55. The molecule has 0 aliphatic rings. The zero-order valence-corrected chi connectivity index (χ0v) is 12.1. The molecule has 1 amide bonds. The maximum atomic E-state index is 11.6. The second kappa shape index (κ2) is 6.69. The Kier molecular flexibility index (Phi) is 4.70. The number of hydrogen-bond acceptors (Lipinski definition) is 3. The molecule has 1 heterocycles. The van der Waals surface area contributed by atoms with E-state index in [9.17, 15) is 4.79 Å². The monoisotopic (exact) mass is 279 g/mol. The van der Waals surface area contributed by atoms with Gasteiger partial charge in [0, 0.05) is 5.56 Å². The Hall–Kier alpha value is -2.64. The second-order valence-electron chi connectivity index (χ2n) is 4.81. The maximum absolute atomic E-state index is 11.6. The average molecular weight is 279 g/mol. The minimum Gasteiger partial charge on any atom is -0.320 e. The van der Waals surface area contributed by atoms with Crippen molar-refractivity contribution in [3.63, 3.8) is 0 Å². The van der Waals surface area contributed by atoms with E-state index in [1.54, 1.807) is 13.0 Å². The maximum Gasteiger partial charge on any atom is 0.242 e. The molecule has 4 heteroatoms. The van der Waals surface area contributed by atoms with Crippen LogP contribution in [-0.4, -0.2) is 16.9 Å². The lowest BCUT2D eigenvalue weighted by Gasteiger charge is -2.08. The molecule has 0 bridgehead atoms. The number of rotatable bonds is 2. The van der Waals surface area contributed by atoms with Gasteiger partial charge in [0.2, 0.25) is 5.91 Å². The van der Waals surface area contributed by atoms with Crippen LogP contribution in [0.1, 0.15) is 23.7 Å². The van der Waals surface area contributed by atoms with Crippen LogP contribution in [0.4, 0.5) is 5.82 Å². The predicted molar refractivity (Wildman–Crippen MR) is 83.7 cm³/mol. The van der Waals surface area contributed by atoms with Crippen LogP contribution < -0.4 is 11.1 Å². The summed E-state index contributed by atoms with van der Waals surface area (Å²) in [4.78, 5) is 15.9. The molecule has 0 radical (unpaired) electrons. The van der Waals surface area contributed by atoms with Gasteiger partial charge in [-0.1, -0.05) is 24.1 Å². The number of amides is 1. The number of pyridine rings is 1. The molecule has 106 valence electrons. The Morgan fingerprint density at radius 1 is 1.24 bits per heavy atom. The first kappa shape index (κ1) is 14.8. The molecule has 0 saturated carbocycles. The molecule has 0 saturated heterocycles. The van der Waals surface area contributed by atoms with Crippen molar-refractivity contribution in [2.75, 3.05) is 5.32 Å². The molecule has 2 aromatic rings. The summed E-state index contributed by atoms with van der Waals surface area (Å²) in [7, 11) is 0. The fraction of sp³-hybridized carbons (Fsp3) is 0.176. The van der Waals surface area contributed by atoms with E-state index in [1.807, 2.05) is 43.3 Å². The third-order valence-electron chi connectivity index (χ3n) is 2.74. The van der Waals surface area contributed by atoms with Gasteiger partial charge in [0.05, 0.1) is 6.04 Å². The van der Waals surface area contributed by atoms with E-state index in [-0.39, 0.29) is 5.91 Å². The van der Waals surface area contributed by atoms with Crippen molar-refractivity contribution < 1.29 is 4.79 Å². The summed E-state index contributed by atoms with van der Waals surface area (Å²) >= 11 is 0. The van der Waals surface area contributed by atoms with Crippen LogP contribution in [0.2, 0.25) is 0 Å². The normalized spacial score (nSPS) is 11.2. The number of anilines is 1. The molecule has 0 aliphatic carbocycles. The minimum absolute atomic E-state index is 0.268. The topological polar surface area (TPSA) is 68.0 Å². The largest absolute Gasteiger partial charge is 0.320 e. The van der Waals surface area contributed by atoms with Crippen molar-refractivity contribution in [3.8, 4) is 11.8 Å². The van der Waals surface area contributed by atoms with Gasteiger partial charge in [-0.15, -0.1) is 0 Å². The molecule has 4 nitrogen and oxygen atoms in total. The summed E-state index contributed by atoms with van der Waals surface area (Å²) in [5.74, 6) is 6.24. The van der Waals surface area contributed by atoms with Crippen LogP contribution in [0, 0.1) is 18.8 Å². The highest BCUT2D eigenvalue weighted by Crippen LogP contribution is 2.09. The van der Waals surface area contributed by atoms with E-state index in [2.05, 4.69) is 22.1 Å². The predicted octanol–water partition coefficient (Wildman–Crippen LogP) is 2.08. The number of carbonyl (C=O) groups is 1. The van der Waals surface area contributed by atoms with Gasteiger partial charge in [-0.05, 0) is 49.6 Å². The summed E-state index contributed by atoms with van der Waals surface area (Å²) in [6.07, 6.45) is 0. The molecule has 0 aliphatic heterocycles. The van der Waals surface area contributed by atoms with Crippen LogP contribution >= 0.6 is 0 Å². The van der Waals surface area contributed by atoms with Crippen molar-refractivity contribution in [2.45, 2.75) is 19.9 Å². The quantitative estimate of drug-likeness (QED) is 0.827. The molecule has 1 atom stereocenters. The van der Waals surface area contributed by atoms with E-state index in [0.29, 0.717) is 11.5 Å². The van der Waals surface area contributed by atoms with Crippen LogP contribution in [0.25, 0.3) is 0 Å². The standard InChI is InChI=1S/C17H17N3O/c1-12-10-15(9-8-14-6-4-3-5-7-14)19-16(11-12)20-17(21)13(2)18/h3-7,10-11,13H,18H2,1-2H3,(H,19,20,21). The van der Waals surface area contributed by atoms with Gasteiger partial charge in [-0.2, -0.15) is 0 Å². The molecule has 1 aromatic heterocycles. The number of aromatic nitrogens is 1. The molecule has 3 N–H and O–H groups in total. The SMILES string of the molecule is Cc1cc(C#Cc2ccccc2)nc(NC(=O)C(C)N)c1. The van der Waals surface area contributed by atoms with Crippen LogP contribution in [0.3, 0.4) is 0 Å². The van der Waals surface area contributed by atoms with Crippen LogP contribution in [-0.2, 0) is 4.79 Å². The number of nitrogens with zero attached hydrogens (tertiary/aromatic N) is 1. The number of carbonyl (C=O) groups excluding carboxylic acids is 1. The molecule has 2 rings (SSSR count). The molecule has 1 aromatic carbocycles. The Balaban J connectivity index is 2.24. The Morgan fingerprint density at radius 3 is 2.62 bits per heavy atom. The average Bonchev–Trinajstić information content (AvgIpc) is 2.45. The van der Waals surface area contributed by atoms with Gasteiger partial charge in [0.25, 0.3) is 0 Å². The lowest BCUT2D eigenvalue weighted by molar-refractivity contribution is -0.117. The van der Waals surface area contributed by atoms with E-state index >= 15 is 0 Å². The fourth-order valence-corrected chi connectivity index (χ4v) is 1.69. The zero-order valence-electron chi connectivity index (χ0n) is 12.1. The van der Waals surface area contributed by atoms with Gasteiger partial charge in [0.15, 0.2) is 0 Å². The number of nitrogens with two attached hydrogens (primary N) is 1. The molecular weight excluding hydrogens is 262 g/mol. The first-order chi connectivity index (χ1) is 10.0. The molecular formula is C17H17N3O. The molecule has 21 heavy (non-hydrogen) atoms. The second-order valence-corrected chi connectivity index (χ2v) is 4.81. The van der Waals surface area contributed by atoms with Crippen molar-refractivity contribution in [3.05, 3.63) is 59.3 Å². The molecule has 0 spiro atoms.